The van der Waals surface area contributed by atoms with Crippen molar-refractivity contribution in [3.63, 3.8) is 0 Å². The molecule has 0 amide bonds. The van der Waals surface area contributed by atoms with Gasteiger partial charge in [-0.25, -0.2) is 4.57 Å². The van der Waals surface area contributed by atoms with E-state index in [1.54, 1.807) is 0 Å². The summed E-state index contributed by atoms with van der Waals surface area (Å²) in [5.74, 6) is -0.878. The van der Waals surface area contributed by atoms with Gasteiger partial charge in [-0.15, -0.1) is 0 Å². The van der Waals surface area contributed by atoms with Gasteiger partial charge in [0.25, 0.3) is 0 Å². The number of hydrogen-bond donors (Lipinski definition) is 2. The fraction of sp³-hybridized carbons (Fsp3) is 0.706. The first kappa shape index (κ1) is 42.0. The third-order valence-electron chi connectivity index (χ3n) is 6.51. The second-order valence-corrected chi connectivity index (χ2v) is 12.2. The minimum atomic E-state index is -4.37. The van der Waals surface area contributed by atoms with Crippen LogP contribution in [0.5, 0.6) is 0 Å². The normalized spacial score (nSPS) is 14.2. The molecule has 0 bridgehead atoms. The van der Waals surface area contributed by atoms with Crippen LogP contribution in [0.2, 0.25) is 0 Å². The van der Waals surface area contributed by atoms with E-state index in [4.69, 9.17) is 24.3 Å². The van der Waals surface area contributed by atoms with Crippen molar-refractivity contribution in [1.82, 2.24) is 0 Å². The number of esters is 2. The highest BCUT2D eigenvalue weighted by Crippen LogP contribution is 2.43. The highest BCUT2D eigenvalue weighted by molar-refractivity contribution is 7.47. The van der Waals surface area contributed by atoms with Gasteiger partial charge in [0, 0.05) is 19.4 Å². The number of carbonyl (C=O) groups is 2. The number of phosphoric acid groups is 1. The van der Waals surface area contributed by atoms with Crippen LogP contribution in [-0.4, -0.2) is 49.3 Å². The Balaban J connectivity index is 4.36. The van der Waals surface area contributed by atoms with Gasteiger partial charge in [0.15, 0.2) is 6.10 Å². The van der Waals surface area contributed by atoms with Crippen LogP contribution in [0, 0.1) is 0 Å². The first-order valence-corrected chi connectivity index (χ1v) is 18.1. The predicted octanol–water partition coefficient (Wildman–Crippen LogP) is 8.43. The topological polar surface area (TPSA) is 134 Å². The minimum Gasteiger partial charge on any atom is -0.462 e. The maximum absolute atomic E-state index is 12.4. The quantitative estimate of drug-likeness (QED) is 0.0260. The van der Waals surface area contributed by atoms with Gasteiger partial charge in [-0.05, 0) is 51.4 Å². The van der Waals surface area contributed by atoms with Crippen molar-refractivity contribution in [1.29, 1.82) is 0 Å². The Morgan fingerprint density at radius 1 is 0.705 bits per heavy atom. The summed E-state index contributed by atoms with van der Waals surface area (Å²) in [5, 5.41) is 0. The van der Waals surface area contributed by atoms with Gasteiger partial charge in [-0.3, -0.25) is 18.6 Å². The van der Waals surface area contributed by atoms with Crippen LogP contribution < -0.4 is 5.73 Å². The molecule has 3 N–H and O–H groups in total. The molecule has 254 valence electrons. The van der Waals surface area contributed by atoms with Gasteiger partial charge in [-0.2, -0.15) is 0 Å². The van der Waals surface area contributed by atoms with E-state index in [0.717, 1.165) is 70.6 Å². The Bertz CT molecular complexity index is 871. The first-order valence-electron chi connectivity index (χ1n) is 16.6. The van der Waals surface area contributed by atoms with Crippen molar-refractivity contribution in [2.75, 3.05) is 26.4 Å². The molecule has 0 aromatic rings. The summed E-state index contributed by atoms with van der Waals surface area (Å²) in [7, 11) is -4.37. The number of carbonyl (C=O) groups excluding carboxylic acids is 2. The summed E-state index contributed by atoms with van der Waals surface area (Å²) >= 11 is 0. The molecule has 2 atom stereocenters. The molecule has 0 radical (unpaired) electrons. The largest absolute Gasteiger partial charge is 0.472 e. The molecule has 10 heteroatoms. The van der Waals surface area contributed by atoms with E-state index >= 15 is 0 Å². The maximum Gasteiger partial charge on any atom is 0.472 e. The summed E-state index contributed by atoms with van der Waals surface area (Å²) in [5.41, 5.74) is 5.31. The van der Waals surface area contributed by atoms with E-state index in [2.05, 4.69) is 44.2 Å². The van der Waals surface area contributed by atoms with Crippen LogP contribution in [0.4, 0.5) is 0 Å². The molecule has 0 aliphatic heterocycles. The van der Waals surface area contributed by atoms with Crippen molar-refractivity contribution >= 4 is 19.8 Å². The Morgan fingerprint density at radius 2 is 1.27 bits per heavy atom. The van der Waals surface area contributed by atoms with E-state index in [1.807, 2.05) is 18.2 Å². The second kappa shape index (κ2) is 31.0. The maximum atomic E-state index is 12.4. The van der Waals surface area contributed by atoms with Crippen LogP contribution in [0.1, 0.15) is 123 Å². The van der Waals surface area contributed by atoms with Crippen LogP contribution >= 0.6 is 7.82 Å². The van der Waals surface area contributed by atoms with Gasteiger partial charge in [-0.1, -0.05) is 107 Å². The lowest BCUT2D eigenvalue weighted by Gasteiger charge is -2.19. The van der Waals surface area contributed by atoms with Crippen molar-refractivity contribution in [2.45, 2.75) is 129 Å². The first-order chi connectivity index (χ1) is 21.3. The standard InChI is InChI=1S/C34H60NO8P/c1-3-5-7-9-11-13-15-16-17-19-21-23-25-27-34(37)43-32(31-42-44(38,39)41-29-28-35)30-40-33(36)26-24-22-20-18-14-12-10-8-6-4-2/h5,7,9-13,15,32H,3-4,6,8,14,16-31,35H2,1-2H3,(H,38,39)/b7-5+,11-9+,12-10+,15-13+. The summed E-state index contributed by atoms with van der Waals surface area (Å²) < 4.78 is 32.4. The SMILES string of the molecule is CC/C=C/C=C/C=C/CCCCCCCC(=O)OC(COC(=O)CCCCCC/C=C/CCCC)COP(=O)(O)OCCN. The van der Waals surface area contributed by atoms with E-state index in [1.165, 1.54) is 12.8 Å². The number of ether oxygens (including phenoxy) is 2. The van der Waals surface area contributed by atoms with E-state index in [-0.39, 0.29) is 32.6 Å². The smallest absolute Gasteiger partial charge is 0.462 e. The molecule has 0 rings (SSSR count). The molecule has 0 heterocycles. The molecular formula is C34H60NO8P. The third-order valence-corrected chi connectivity index (χ3v) is 7.49. The third kappa shape index (κ3) is 30.0. The highest BCUT2D eigenvalue weighted by Gasteiger charge is 2.25. The summed E-state index contributed by atoms with van der Waals surface area (Å²) in [6.45, 7) is 3.47. The molecule has 0 aliphatic rings. The van der Waals surface area contributed by atoms with Gasteiger partial charge >= 0.3 is 19.8 Å². The predicted molar refractivity (Wildman–Crippen MR) is 178 cm³/mol. The molecule has 2 unspecified atom stereocenters. The Hall–Kier alpha value is -2.03. The summed E-state index contributed by atoms with van der Waals surface area (Å²) in [6.07, 6.45) is 31.5. The zero-order valence-corrected chi connectivity index (χ0v) is 28.3. The molecule has 0 aromatic heterocycles. The fourth-order valence-corrected chi connectivity index (χ4v) is 4.79. The number of hydrogen-bond acceptors (Lipinski definition) is 8. The Labute approximate surface area is 266 Å². The number of phosphoric ester groups is 1. The van der Waals surface area contributed by atoms with Crippen LogP contribution in [0.3, 0.4) is 0 Å². The number of allylic oxidation sites excluding steroid dienone is 8. The molecule has 9 nitrogen and oxygen atoms in total. The van der Waals surface area contributed by atoms with Crippen molar-refractivity contribution in [3.05, 3.63) is 48.6 Å². The molecule has 0 fully saturated rings. The molecule has 0 aliphatic carbocycles. The van der Waals surface area contributed by atoms with Crippen molar-refractivity contribution in [2.24, 2.45) is 5.73 Å². The summed E-state index contributed by atoms with van der Waals surface area (Å²) in [4.78, 5) is 34.5. The second-order valence-electron chi connectivity index (χ2n) is 10.7. The Morgan fingerprint density at radius 3 is 1.91 bits per heavy atom. The monoisotopic (exact) mass is 641 g/mol. The van der Waals surface area contributed by atoms with E-state index in [9.17, 15) is 19.0 Å². The number of rotatable bonds is 30. The zero-order chi connectivity index (χ0) is 32.6. The molecule has 0 aromatic carbocycles. The van der Waals surface area contributed by atoms with Crippen molar-refractivity contribution in [3.8, 4) is 0 Å². The van der Waals surface area contributed by atoms with Crippen LogP contribution in [-0.2, 0) is 32.7 Å². The lowest BCUT2D eigenvalue weighted by Crippen LogP contribution is -2.29. The lowest BCUT2D eigenvalue weighted by atomic mass is 10.1. The average molecular weight is 642 g/mol. The summed E-state index contributed by atoms with van der Waals surface area (Å²) in [6, 6.07) is 0. The zero-order valence-electron chi connectivity index (χ0n) is 27.4. The molecule has 0 saturated heterocycles. The van der Waals surface area contributed by atoms with Crippen LogP contribution in [0.25, 0.3) is 0 Å². The van der Waals surface area contributed by atoms with E-state index in [0.29, 0.717) is 12.8 Å². The molecular weight excluding hydrogens is 581 g/mol. The van der Waals surface area contributed by atoms with Gasteiger partial charge in [0.1, 0.15) is 6.61 Å². The minimum absolute atomic E-state index is 0.0462. The molecule has 0 spiro atoms. The van der Waals surface area contributed by atoms with Gasteiger partial charge < -0.3 is 20.1 Å². The molecule has 0 saturated carbocycles. The highest BCUT2D eigenvalue weighted by atomic mass is 31.2. The molecule has 44 heavy (non-hydrogen) atoms. The fourth-order valence-electron chi connectivity index (χ4n) is 4.02. The lowest BCUT2D eigenvalue weighted by molar-refractivity contribution is -0.161. The number of unbranched alkanes of at least 4 members (excludes halogenated alkanes) is 11. The van der Waals surface area contributed by atoms with Gasteiger partial charge in [0.05, 0.1) is 13.2 Å². The van der Waals surface area contributed by atoms with E-state index < -0.39 is 32.5 Å². The Kier molecular flexibility index (Phi) is 29.5. The number of nitrogens with two attached hydrogens (primary N) is 1. The van der Waals surface area contributed by atoms with Crippen LogP contribution in [0.15, 0.2) is 48.6 Å². The van der Waals surface area contributed by atoms with Crippen molar-refractivity contribution < 1.29 is 37.6 Å². The van der Waals surface area contributed by atoms with Gasteiger partial charge in [0.2, 0.25) is 0 Å². The average Bonchev–Trinajstić information content (AvgIpc) is 3.00.